The van der Waals surface area contributed by atoms with Crippen LogP contribution in [0.2, 0.25) is 0 Å². The van der Waals surface area contributed by atoms with E-state index in [0.29, 0.717) is 17.7 Å². The van der Waals surface area contributed by atoms with Crippen molar-refractivity contribution in [3.63, 3.8) is 0 Å². The topological polar surface area (TPSA) is 66.8 Å². The maximum Gasteiger partial charge on any atom is 0.230 e. The molecule has 6 nitrogen and oxygen atoms in total. The van der Waals surface area contributed by atoms with Gasteiger partial charge in [-0.15, -0.1) is 0 Å². The Morgan fingerprint density at radius 2 is 1.94 bits per heavy atom. The lowest BCUT2D eigenvalue weighted by Gasteiger charge is -2.12. The van der Waals surface area contributed by atoms with Crippen LogP contribution in [0.15, 0.2) is 24.4 Å². The molecule has 0 aliphatic heterocycles. The first-order valence-electron chi connectivity index (χ1n) is 5.23. The van der Waals surface area contributed by atoms with Gasteiger partial charge < -0.3 is 10.2 Å². The summed E-state index contributed by atoms with van der Waals surface area (Å²) in [4.78, 5) is 18.9. The molecule has 0 saturated heterocycles. The molecule has 2 rings (SSSR count). The van der Waals surface area contributed by atoms with Crippen LogP contribution in [0.25, 0.3) is 11.5 Å². The van der Waals surface area contributed by atoms with Gasteiger partial charge in [0.05, 0.1) is 0 Å². The molecule has 0 saturated carbocycles. The standard InChI is InChI=1S/C11H14N6/c1-12-10-14-9(8-6-4-5-7-13-8)15-11(16-10)17(2)3/h4-7H,1-3H3,(H,12,14,15,16). The summed E-state index contributed by atoms with van der Waals surface area (Å²) in [5, 5.41) is 2.92. The Labute approximate surface area is 99.8 Å². The number of nitrogens with zero attached hydrogens (tertiary/aromatic N) is 5. The van der Waals surface area contributed by atoms with Crippen LogP contribution >= 0.6 is 0 Å². The molecule has 17 heavy (non-hydrogen) atoms. The molecule has 2 aromatic heterocycles. The molecule has 0 unspecified atom stereocenters. The lowest BCUT2D eigenvalue weighted by molar-refractivity contribution is 0.958. The predicted molar refractivity (Wildman–Crippen MR) is 66.9 cm³/mol. The van der Waals surface area contributed by atoms with Crippen LogP contribution < -0.4 is 10.2 Å². The molecule has 1 N–H and O–H groups in total. The molecule has 2 heterocycles. The van der Waals surface area contributed by atoms with Crippen LogP contribution in [0.3, 0.4) is 0 Å². The summed E-state index contributed by atoms with van der Waals surface area (Å²) in [6, 6.07) is 5.63. The molecule has 0 aliphatic rings. The van der Waals surface area contributed by atoms with E-state index >= 15 is 0 Å². The summed E-state index contributed by atoms with van der Waals surface area (Å²) in [6.07, 6.45) is 1.72. The average Bonchev–Trinajstić information content (AvgIpc) is 2.39. The second-order valence-electron chi connectivity index (χ2n) is 3.64. The van der Waals surface area contributed by atoms with Gasteiger partial charge in [0.2, 0.25) is 11.9 Å². The highest BCUT2D eigenvalue weighted by atomic mass is 15.3. The van der Waals surface area contributed by atoms with Crippen molar-refractivity contribution in [2.75, 3.05) is 31.4 Å². The molecule has 88 valence electrons. The Hall–Kier alpha value is -2.24. The first-order chi connectivity index (χ1) is 8.20. The van der Waals surface area contributed by atoms with Crippen molar-refractivity contribution in [2.24, 2.45) is 0 Å². The third kappa shape index (κ3) is 2.47. The van der Waals surface area contributed by atoms with Crippen molar-refractivity contribution in [2.45, 2.75) is 0 Å². The molecule has 2 aromatic rings. The van der Waals surface area contributed by atoms with Gasteiger partial charge in [0.25, 0.3) is 0 Å². The van der Waals surface area contributed by atoms with Crippen molar-refractivity contribution >= 4 is 11.9 Å². The van der Waals surface area contributed by atoms with Crippen LogP contribution in [-0.2, 0) is 0 Å². The van der Waals surface area contributed by atoms with E-state index in [1.54, 1.807) is 13.2 Å². The molecule has 0 aliphatic carbocycles. The highest BCUT2D eigenvalue weighted by Gasteiger charge is 2.09. The van der Waals surface area contributed by atoms with Crippen molar-refractivity contribution in [1.82, 2.24) is 19.9 Å². The number of hydrogen-bond donors (Lipinski definition) is 1. The molecule has 0 spiro atoms. The smallest absolute Gasteiger partial charge is 0.230 e. The number of anilines is 2. The second-order valence-corrected chi connectivity index (χ2v) is 3.64. The summed E-state index contributed by atoms with van der Waals surface area (Å²) in [5.74, 6) is 1.70. The van der Waals surface area contributed by atoms with Crippen molar-refractivity contribution in [1.29, 1.82) is 0 Å². The van der Waals surface area contributed by atoms with Gasteiger partial charge in [-0.05, 0) is 12.1 Å². The lowest BCUT2D eigenvalue weighted by Crippen LogP contribution is -2.15. The van der Waals surface area contributed by atoms with Gasteiger partial charge >= 0.3 is 0 Å². The zero-order chi connectivity index (χ0) is 12.3. The number of pyridine rings is 1. The maximum absolute atomic E-state index is 4.35. The van der Waals surface area contributed by atoms with Crippen molar-refractivity contribution < 1.29 is 0 Å². The first kappa shape index (κ1) is 11.3. The van der Waals surface area contributed by atoms with Gasteiger partial charge in [-0.25, -0.2) is 0 Å². The Morgan fingerprint density at radius 1 is 1.12 bits per heavy atom. The largest absolute Gasteiger partial charge is 0.357 e. The number of aromatic nitrogens is 4. The van der Waals surface area contributed by atoms with E-state index in [1.807, 2.05) is 37.2 Å². The van der Waals surface area contributed by atoms with Crippen molar-refractivity contribution in [3.8, 4) is 11.5 Å². The third-order valence-corrected chi connectivity index (χ3v) is 2.14. The summed E-state index contributed by atoms with van der Waals surface area (Å²) >= 11 is 0. The lowest BCUT2D eigenvalue weighted by atomic mass is 10.3. The van der Waals surface area contributed by atoms with E-state index in [2.05, 4.69) is 25.3 Å². The molecule has 0 fully saturated rings. The fourth-order valence-corrected chi connectivity index (χ4v) is 1.29. The quantitative estimate of drug-likeness (QED) is 0.849. The van der Waals surface area contributed by atoms with Gasteiger partial charge in [0.1, 0.15) is 5.69 Å². The molecular weight excluding hydrogens is 216 g/mol. The molecular formula is C11H14N6. The molecule has 0 bridgehead atoms. The predicted octanol–water partition coefficient (Wildman–Crippen LogP) is 1.04. The van der Waals surface area contributed by atoms with Crippen LogP contribution in [0, 0.1) is 0 Å². The minimum atomic E-state index is 0.532. The van der Waals surface area contributed by atoms with Gasteiger partial charge in [0, 0.05) is 27.3 Å². The van der Waals surface area contributed by atoms with Crippen LogP contribution in [0.1, 0.15) is 0 Å². The van der Waals surface area contributed by atoms with E-state index in [4.69, 9.17) is 0 Å². The monoisotopic (exact) mass is 230 g/mol. The summed E-state index contributed by atoms with van der Waals surface area (Å²) in [5.41, 5.74) is 0.731. The Morgan fingerprint density at radius 3 is 2.53 bits per heavy atom. The van der Waals surface area contributed by atoms with E-state index in [0.717, 1.165) is 5.69 Å². The van der Waals surface area contributed by atoms with Crippen LogP contribution in [-0.4, -0.2) is 41.1 Å². The fourth-order valence-electron chi connectivity index (χ4n) is 1.29. The van der Waals surface area contributed by atoms with Gasteiger partial charge in [-0.2, -0.15) is 15.0 Å². The highest BCUT2D eigenvalue weighted by molar-refractivity contribution is 5.53. The number of nitrogens with one attached hydrogen (secondary N) is 1. The first-order valence-corrected chi connectivity index (χ1v) is 5.23. The van der Waals surface area contributed by atoms with E-state index in [-0.39, 0.29) is 0 Å². The zero-order valence-corrected chi connectivity index (χ0v) is 10.0. The van der Waals surface area contributed by atoms with Crippen molar-refractivity contribution in [3.05, 3.63) is 24.4 Å². The number of rotatable bonds is 3. The van der Waals surface area contributed by atoms with Crippen LogP contribution in [0.4, 0.5) is 11.9 Å². The maximum atomic E-state index is 4.35. The molecule has 0 radical (unpaired) electrons. The second kappa shape index (κ2) is 4.73. The molecule has 6 heteroatoms. The highest BCUT2D eigenvalue weighted by Crippen LogP contribution is 2.15. The summed E-state index contributed by atoms with van der Waals surface area (Å²) in [6.45, 7) is 0. The molecule has 0 amide bonds. The SMILES string of the molecule is CNc1nc(-c2ccccn2)nc(N(C)C)n1. The van der Waals surface area contributed by atoms with Gasteiger partial charge in [-0.3, -0.25) is 4.98 Å². The fraction of sp³-hybridized carbons (Fsp3) is 0.273. The Bertz CT molecular complexity index is 497. The molecule has 0 aromatic carbocycles. The molecule has 0 atom stereocenters. The van der Waals surface area contributed by atoms with E-state index in [1.165, 1.54) is 0 Å². The Kier molecular flexibility index (Phi) is 3.13. The number of hydrogen-bond acceptors (Lipinski definition) is 6. The van der Waals surface area contributed by atoms with Gasteiger partial charge in [-0.1, -0.05) is 6.07 Å². The minimum absolute atomic E-state index is 0.532. The van der Waals surface area contributed by atoms with Gasteiger partial charge in [0.15, 0.2) is 5.82 Å². The zero-order valence-electron chi connectivity index (χ0n) is 10.0. The minimum Gasteiger partial charge on any atom is -0.357 e. The summed E-state index contributed by atoms with van der Waals surface area (Å²) in [7, 11) is 5.55. The Balaban J connectivity index is 2.50. The average molecular weight is 230 g/mol. The van der Waals surface area contributed by atoms with E-state index in [9.17, 15) is 0 Å². The normalized spacial score (nSPS) is 10.1. The summed E-state index contributed by atoms with van der Waals surface area (Å²) < 4.78 is 0. The third-order valence-electron chi connectivity index (χ3n) is 2.14. The van der Waals surface area contributed by atoms with Crippen LogP contribution in [0.5, 0.6) is 0 Å². The van der Waals surface area contributed by atoms with E-state index < -0.39 is 0 Å².